The molecular weight excluding hydrogens is 300 g/mol. The molecule has 0 saturated heterocycles. The molecular formula is C20H28N2O2. The number of fused-ring (bicyclic) bond motifs is 1. The maximum atomic E-state index is 12.8. The number of hydrogen-bond acceptors (Lipinski definition) is 2. The molecule has 1 saturated carbocycles. The first kappa shape index (κ1) is 17.0. The highest BCUT2D eigenvalue weighted by Gasteiger charge is 2.35. The normalized spacial score (nSPS) is 16.7. The van der Waals surface area contributed by atoms with Crippen LogP contribution in [0.4, 0.5) is 0 Å². The number of nitrogens with one attached hydrogen (secondary N) is 2. The van der Waals surface area contributed by atoms with E-state index in [1.807, 2.05) is 0 Å². The van der Waals surface area contributed by atoms with E-state index in [9.17, 15) is 4.79 Å². The maximum Gasteiger partial charge on any atom is 0.225 e. The molecule has 24 heavy (non-hydrogen) atoms. The number of amides is 1. The smallest absolute Gasteiger partial charge is 0.225 e. The summed E-state index contributed by atoms with van der Waals surface area (Å²) in [6.45, 7) is 6.87. The summed E-state index contributed by atoms with van der Waals surface area (Å²) in [5.74, 6) is 0.0962. The second kappa shape index (κ2) is 6.60. The van der Waals surface area contributed by atoms with E-state index in [0.717, 1.165) is 42.5 Å². The molecule has 3 rings (SSSR count). The summed E-state index contributed by atoms with van der Waals surface area (Å²) in [4.78, 5) is 16.2. The van der Waals surface area contributed by atoms with E-state index in [1.165, 1.54) is 16.5 Å². The molecule has 4 heteroatoms. The predicted molar refractivity (Wildman–Crippen MR) is 97.4 cm³/mol. The van der Waals surface area contributed by atoms with Crippen molar-refractivity contribution in [2.75, 3.05) is 13.7 Å². The molecule has 2 N–H and O–H groups in total. The first-order valence-corrected chi connectivity index (χ1v) is 8.83. The van der Waals surface area contributed by atoms with Gasteiger partial charge in [0, 0.05) is 23.7 Å². The fourth-order valence-electron chi connectivity index (χ4n) is 4.17. The Hall–Kier alpha value is -1.81. The summed E-state index contributed by atoms with van der Waals surface area (Å²) >= 11 is 0. The van der Waals surface area contributed by atoms with Crippen LogP contribution in [0, 0.1) is 20.8 Å². The van der Waals surface area contributed by atoms with Crippen molar-refractivity contribution >= 4 is 16.8 Å². The van der Waals surface area contributed by atoms with Gasteiger partial charge in [-0.15, -0.1) is 0 Å². The lowest BCUT2D eigenvalue weighted by atomic mass is 9.97. The highest BCUT2D eigenvalue weighted by atomic mass is 16.5. The van der Waals surface area contributed by atoms with Gasteiger partial charge in [0.15, 0.2) is 0 Å². The number of ether oxygens (including phenoxy) is 1. The summed E-state index contributed by atoms with van der Waals surface area (Å²) in [6, 6.07) is 4.26. The Morgan fingerprint density at radius 3 is 2.54 bits per heavy atom. The number of methoxy groups -OCH3 is 1. The van der Waals surface area contributed by atoms with Crippen molar-refractivity contribution in [2.45, 2.75) is 58.4 Å². The summed E-state index contributed by atoms with van der Waals surface area (Å²) in [5.41, 5.74) is 5.63. The van der Waals surface area contributed by atoms with Gasteiger partial charge < -0.3 is 15.0 Å². The van der Waals surface area contributed by atoms with Crippen molar-refractivity contribution in [1.29, 1.82) is 0 Å². The van der Waals surface area contributed by atoms with Crippen LogP contribution < -0.4 is 5.32 Å². The lowest BCUT2D eigenvalue weighted by Crippen LogP contribution is -2.50. The Labute approximate surface area is 144 Å². The molecule has 0 bridgehead atoms. The first-order chi connectivity index (χ1) is 11.5. The largest absolute Gasteiger partial charge is 0.382 e. The van der Waals surface area contributed by atoms with E-state index >= 15 is 0 Å². The Bertz CT molecular complexity index is 755. The van der Waals surface area contributed by atoms with Crippen molar-refractivity contribution in [3.05, 3.63) is 34.5 Å². The molecule has 1 fully saturated rings. The Morgan fingerprint density at radius 1 is 1.21 bits per heavy atom. The van der Waals surface area contributed by atoms with Crippen molar-refractivity contribution in [2.24, 2.45) is 0 Å². The molecule has 1 heterocycles. The van der Waals surface area contributed by atoms with E-state index in [1.54, 1.807) is 7.11 Å². The minimum atomic E-state index is -0.170. The number of aromatic amines is 1. The zero-order valence-electron chi connectivity index (χ0n) is 15.2. The second-order valence-corrected chi connectivity index (χ2v) is 7.32. The minimum absolute atomic E-state index is 0.0962. The van der Waals surface area contributed by atoms with Gasteiger partial charge in [-0.05, 0) is 50.3 Å². The zero-order chi connectivity index (χ0) is 17.3. The van der Waals surface area contributed by atoms with Crippen LogP contribution in [0.1, 0.15) is 48.1 Å². The number of hydrogen-bond donors (Lipinski definition) is 2. The summed E-state index contributed by atoms with van der Waals surface area (Å²) in [6.07, 6.45) is 4.76. The number of benzene rings is 1. The van der Waals surface area contributed by atoms with E-state index in [0.29, 0.717) is 13.0 Å². The van der Waals surface area contributed by atoms with Gasteiger partial charge in [-0.2, -0.15) is 0 Å². The molecule has 4 nitrogen and oxygen atoms in total. The third-order valence-corrected chi connectivity index (χ3v) is 5.41. The molecule has 0 atom stereocenters. The first-order valence-electron chi connectivity index (χ1n) is 8.83. The van der Waals surface area contributed by atoms with Crippen molar-refractivity contribution in [3.8, 4) is 0 Å². The SMILES string of the molecule is COCC1(NC(=O)Cc2c(C)[nH]c3c(C)ccc(C)c23)CCCC1. The van der Waals surface area contributed by atoms with Crippen molar-refractivity contribution in [3.63, 3.8) is 0 Å². The van der Waals surface area contributed by atoms with Gasteiger partial charge in [0.25, 0.3) is 0 Å². The van der Waals surface area contributed by atoms with Crippen LogP contribution in [-0.2, 0) is 16.0 Å². The molecule has 1 aliphatic carbocycles. The average Bonchev–Trinajstić information content (AvgIpc) is 3.10. The highest BCUT2D eigenvalue weighted by Crippen LogP contribution is 2.31. The van der Waals surface area contributed by atoms with Crippen LogP contribution in [0.5, 0.6) is 0 Å². The predicted octanol–water partition coefficient (Wildman–Crippen LogP) is 3.71. The van der Waals surface area contributed by atoms with Gasteiger partial charge in [0.05, 0.1) is 18.6 Å². The van der Waals surface area contributed by atoms with E-state index in [4.69, 9.17) is 4.74 Å². The van der Waals surface area contributed by atoms with Crippen LogP contribution in [0.15, 0.2) is 12.1 Å². The molecule has 1 amide bonds. The van der Waals surface area contributed by atoms with Crippen molar-refractivity contribution in [1.82, 2.24) is 10.3 Å². The van der Waals surface area contributed by atoms with E-state index in [-0.39, 0.29) is 11.4 Å². The van der Waals surface area contributed by atoms with Gasteiger partial charge in [0.2, 0.25) is 5.91 Å². The molecule has 0 unspecified atom stereocenters. The number of carbonyl (C=O) groups is 1. The third kappa shape index (κ3) is 3.07. The van der Waals surface area contributed by atoms with Crippen LogP contribution in [0.3, 0.4) is 0 Å². The van der Waals surface area contributed by atoms with Crippen LogP contribution in [0.25, 0.3) is 10.9 Å². The third-order valence-electron chi connectivity index (χ3n) is 5.41. The fourth-order valence-corrected chi connectivity index (χ4v) is 4.17. The Balaban J connectivity index is 1.86. The molecule has 1 aromatic heterocycles. The minimum Gasteiger partial charge on any atom is -0.382 e. The summed E-state index contributed by atoms with van der Waals surface area (Å²) < 4.78 is 5.37. The van der Waals surface area contributed by atoms with E-state index < -0.39 is 0 Å². The Kier molecular flexibility index (Phi) is 4.68. The number of aromatic nitrogens is 1. The standard InChI is InChI=1S/C20H28N2O2/c1-13-7-8-14(2)19-18(13)16(15(3)21-19)11-17(23)22-20(12-24-4)9-5-6-10-20/h7-8,21H,5-6,9-12H2,1-4H3,(H,22,23). The molecule has 1 aromatic carbocycles. The van der Waals surface area contributed by atoms with Crippen LogP contribution >= 0.6 is 0 Å². The quantitative estimate of drug-likeness (QED) is 0.879. The monoisotopic (exact) mass is 328 g/mol. The zero-order valence-corrected chi connectivity index (χ0v) is 15.2. The Morgan fingerprint density at radius 2 is 1.88 bits per heavy atom. The van der Waals surface area contributed by atoms with Gasteiger partial charge >= 0.3 is 0 Å². The molecule has 2 aromatic rings. The highest BCUT2D eigenvalue weighted by molar-refractivity contribution is 5.94. The average molecular weight is 328 g/mol. The maximum absolute atomic E-state index is 12.8. The van der Waals surface area contributed by atoms with Gasteiger partial charge in [-0.1, -0.05) is 25.0 Å². The molecule has 1 aliphatic rings. The van der Waals surface area contributed by atoms with E-state index in [2.05, 4.69) is 43.2 Å². The lowest BCUT2D eigenvalue weighted by Gasteiger charge is -2.29. The number of H-pyrrole nitrogens is 1. The summed E-state index contributed by atoms with van der Waals surface area (Å²) in [5, 5.41) is 4.48. The topological polar surface area (TPSA) is 54.1 Å². The number of carbonyl (C=O) groups excluding carboxylic acids is 1. The van der Waals surface area contributed by atoms with Gasteiger partial charge in [-0.25, -0.2) is 0 Å². The van der Waals surface area contributed by atoms with Crippen molar-refractivity contribution < 1.29 is 9.53 Å². The van der Waals surface area contributed by atoms with Crippen LogP contribution in [-0.4, -0.2) is 30.1 Å². The molecule has 0 spiro atoms. The number of rotatable bonds is 5. The number of aryl methyl sites for hydroxylation is 3. The second-order valence-electron chi connectivity index (χ2n) is 7.32. The lowest BCUT2D eigenvalue weighted by molar-refractivity contribution is -0.123. The van der Waals surface area contributed by atoms with Gasteiger partial charge in [0.1, 0.15) is 0 Å². The summed E-state index contributed by atoms with van der Waals surface area (Å²) in [7, 11) is 1.71. The van der Waals surface area contributed by atoms with Crippen LogP contribution in [0.2, 0.25) is 0 Å². The fraction of sp³-hybridized carbons (Fsp3) is 0.550. The molecule has 0 aliphatic heterocycles. The molecule has 0 radical (unpaired) electrons. The van der Waals surface area contributed by atoms with Gasteiger partial charge in [-0.3, -0.25) is 4.79 Å². The molecule has 130 valence electrons.